The van der Waals surface area contributed by atoms with Crippen LogP contribution in [-0.2, 0) is 0 Å². The van der Waals surface area contributed by atoms with E-state index in [4.69, 9.17) is 9.15 Å². The van der Waals surface area contributed by atoms with Crippen molar-refractivity contribution in [2.45, 2.75) is 5.22 Å². The molecule has 0 fully saturated rings. The van der Waals surface area contributed by atoms with Crippen molar-refractivity contribution < 1.29 is 13.9 Å². The van der Waals surface area contributed by atoms with Crippen LogP contribution in [0.15, 0.2) is 93.0 Å². The Balaban J connectivity index is 1.34. The summed E-state index contributed by atoms with van der Waals surface area (Å²) in [6.45, 7) is 0. The summed E-state index contributed by atoms with van der Waals surface area (Å²) in [6, 6.07) is 24.1. The van der Waals surface area contributed by atoms with Gasteiger partial charge < -0.3 is 9.15 Å². The lowest BCUT2D eigenvalue weighted by Gasteiger charge is -2.06. The molecule has 7 heteroatoms. The van der Waals surface area contributed by atoms with Crippen molar-refractivity contribution in [3.8, 4) is 23.0 Å². The summed E-state index contributed by atoms with van der Waals surface area (Å²) in [6.07, 6.45) is 0. The molecule has 0 aliphatic carbocycles. The SMILES string of the molecule is O=C(CSc1nnc(-c2ccc(Br)cc2)o1)c1ccc(Oc2ccccc2)cc1. The Kier molecular flexibility index (Phi) is 6.07. The quantitative estimate of drug-likeness (QED) is 0.236. The van der Waals surface area contributed by atoms with Gasteiger partial charge in [-0.25, -0.2) is 0 Å². The highest BCUT2D eigenvalue weighted by atomic mass is 79.9. The number of halogens is 1. The second-order valence-corrected chi connectivity index (χ2v) is 7.87. The van der Waals surface area contributed by atoms with E-state index in [0.29, 0.717) is 22.4 Å². The van der Waals surface area contributed by atoms with Crippen molar-refractivity contribution in [1.29, 1.82) is 0 Å². The van der Waals surface area contributed by atoms with Gasteiger partial charge in [0.25, 0.3) is 5.22 Å². The summed E-state index contributed by atoms with van der Waals surface area (Å²) in [7, 11) is 0. The molecule has 0 N–H and O–H groups in total. The van der Waals surface area contributed by atoms with E-state index in [2.05, 4.69) is 26.1 Å². The molecule has 0 radical (unpaired) electrons. The van der Waals surface area contributed by atoms with Gasteiger partial charge in [-0.15, -0.1) is 10.2 Å². The molecule has 0 saturated carbocycles. The largest absolute Gasteiger partial charge is 0.457 e. The summed E-state index contributed by atoms with van der Waals surface area (Å²) in [5, 5.41) is 8.40. The molecule has 0 amide bonds. The van der Waals surface area contributed by atoms with Crippen molar-refractivity contribution in [3.05, 3.63) is 88.9 Å². The van der Waals surface area contributed by atoms with Crippen LogP contribution in [0.4, 0.5) is 0 Å². The van der Waals surface area contributed by atoms with Gasteiger partial charge in [-0.3, -0.25) is 4.79 Å². The number of carbonyl (C=O) groups excluding carboxylic acids is 1. The topological polar surface area (TPSA) is 65.2 Å². The van der Waals surface area contributed by atoms with Crippen molar-refractivity contribution in [2.24, 2.45) is 0 Å². The van der Waals surface area contributed by atoms with E-state index >= 15 is 0 Å². The maximum atomic E-state index is 12.4. The van der Waals surface area contributed by atoms with Crippen LogP contribution in [0.1, 0.15) is 10.4 Å². The smallest absolute Gasteiger partial charge is 0.277 e. The number of hydrogen-bond acceptors (Lipinski definition) is 6. The second-order valence-electron chi connectivity index (χ2n) is 6.03. The Hall–Kier alpha value is -2.90. The number of carbonyl (C=O) groups is 1. The van der Waals surface area contributed by atoms with Gasteiger partial charge in [0.05, 0.1) is 5.75 Å². The van der Waals surface area contributed by atoms with Gasteiger partial charge in [0.2, 0.25) is 5.89 Å². The highest BCUT2D eigenvalue weighted by Gasteiger charge is 2.13. The Morgan fingerprint density at radius 1 is 0.897 bits per heavy atom. The first kappa shape index (κ1) is 19.4. The second kappa shape index (κ2) is 9.07. The normalized spacial score (nSPS) is 10.7. The molecule has 3 aromatic carbocycles. The van der Waals surface area contributed by atoms with Crippen LogP contribution in [0.3, 0.4) is 0 Å². The monoisotopic (exact) mass is 466 g/mol. The zero-order valence-corrected chi connectivity index (χ0v) is 17.5. The van der Waals surface area contributed by atoms with Crippen LogP contribution in [0.25, 0.3) is 11.5 Å². The molecule has 0 bridgehead atoms. The van der Waals surface area contributed by atoms with Crippen molar-refractivity contribution in [3.63, 3.8) is 0 Å². The predicted molar refractivity (Wildman–Crippen MR) is 115 cm³/mol. The average molecular weight is 467 g/mol. The fourth-order valence-corrected chi connectivity index (χ4v) is 3.44. The highest BCUT2D eigenvalue weighted by Crippen LogP contribution is 2.26. The maximum Gasteiger partial charge on any atom is 0.277 e. The van der Waals surface area contributed by atoms with Gasteiger partial charge in [0.15, 0.2) is 5.78 Å². The van der Waals surface area contributed by atoms with E-state index in [-0.39, 0.29) is 11.5 Å². The van der Waals surface area contributed by atoms with E-state index in [1.54, 1.807) is 24.3 Å². The molecule has 144 valence electrons. The summed E-state index contributed by atoms with van der Waals surface area (Å²) in [5.41, 5.74) is 1.43. The number of Topliss-reactive ketones (excluding diaryl/α,β-unsaturated/α-hetero) is 1. The molecular formula is C22H15BrN2O3S. The van der Waals surface area contributed by atoms with E-state index < -0.39 is 0 Å². The first-order valence-electron chi connectivity index (χ1n) is 8.76. The van der Waals surface area contributed by atoms with E-state index in [9.17, 15) is 4.79 Å². The van der Waals surface area contributed by atoms with Gasteiger partial charge in [-0.2, -0.15) is 0 Å². The Morgan fingerprint density at radius 3 is 2.31 bits per heavy atom. The molecule has 0 spiro atoms. The number of benzene rings is 3. The first-order chi connectivity index (χ1) is 14.2. The van der Waals surface area contributed by atoms with E-state index in [1.807, 2.05) is 54.6 Å². The first-order valence-corrected chi connectivity index (χ1v) is 10.5. The minimum Gasteiger partial charge on any atom is -0.457 e. The number of thioether (sulfide) groups is 1. The van der Waals surface area contributed by atoms with Crippen LogP contribution in [0.5, 0.6) is 11.5 Å². The van der Waals surface area contributed by atoms with Gasteiger partial charge in [-0.1, -0.05) is 45.9 Å². The van der Waals surface area contributed by atoms with Crippen LogP contribution < -0.4 is 4.74 Å². The zero-order chi connectivity index (χ0) is 20.1. The lowest BCUT2D eigenvalue weighted by Crippen LogP contribution is -2.02. The summed E-state index contributed by atoms with van der Waals surface area (Å²) in [5.74, 6) is 2.04. The van der Waals surface area contributed by atoms with Gasteiger partial charge in [0.1, 0.15) is 11.5 Å². The van der Waals surface area contributed by atoms with Crippen LogP contribution in [-0.4, -0.2) is 21.7 Å². The van der Waals surface area contributed by atoms with Crippen molar-refractivity contribution in [2.75, 3.05) is 5.75 Å². The molecule has 0 unspecified atom stereocenters. The number of aromatic nitrogens is 2. The fraction of sp³-hybridized carbons (Fsp3) is 0.0455. The molecule has 29 heavy (non-hydrogen) atoms. The highest BCUT2D eigenvalue weighted by molar-refractivity contribution is 9.10. The van der Waals surface area contributed by atoms with Crippen LogP contribution in [0.2, 0.25) is 0 Å². The molecule has 0 aliphatic rings. The predicted octanol–water partition coefficient (Wildman–Crippen LogP) is 6.27. The molecule has 5 nitrogen and oxygen atoms in total. The number of ether oxygens (including phenoxy) is 1. The average Bonchev–Trinajstić information content (AvgIpc) is 3.23. The zero-order valence-electron chi connectivity index (χ0n) is 15.1. The Labute approximate surface area is 180 Å². The number of para-hydroxylation sites is 1. The molecule has 4 aromatic rings. The minimum atomic E-state index is -0.0235. The van der Waals surface area contributed by atoms with Crippen LogP contribution in [0, 0.1) is 0 Å². The lowest BCUT2D eigenvalue weighted by molar-refractivity contribution is 0.102. The molecule has 0 atom stereocenters. The molecule has 1 heterocycles. The molecule has 0 saturated heterocycles. The number of hydrogen-bond donors (Lipinski definition) is 0. The molecule has 0 aliphatic heterocycles. The molecule has 4 rings (SSSR count). The van der Waals surface area contributed by atoms with Gasteiger partial charge in [0, 0.05) is 15.6 Å². The Morgan fingerprint density at radius 2 is 1.59 bits per heavy atom. The Bertz CT molecular complexity index is 1100. The number of rotatable bonds is 7. The molecule has 1 aromatic heterocycles. The fourth-order valence-electron chi connectivity index (χ4n) is 2.52. The standard InChI is InChI=1S/C22H15BrN2O3S/c23-17-10-6-16(7-11-17)21-24-25-22(28-21)29-14-20(26)15-8-12-19(13-9-15)27-18-4-2-1-3-5-18/h1-13H,14H2. The number of ketones is 1. The summed E-state index contributed by atoms with van der Waals surface area (Å²) >= 11 is 4.61. The third-order valence-corrected chi connectivity index (χ3v) is 5.33. The number of nitrogens with zero attached hydrogens (tertiary/aromatic N) is 2. The minimum absolute atomic E-state index is 0.0235. The summed E-state index contributed by atoms with van der Waals surface area (Å²) in [4.78, 5) is 12.4. The van der Waals surface area contributed by atoms with Gasteiger partial charge >= 0.3 is 0 Å². The molecular weight excluding hydrogens is 452 g/mol. The lowest BCUT2D eigenvalue weighted by atomic mass is 10.1. The van der Waals surface area contributed by atoms with E-state index in [0.717, 1.165) is 15.8 Å². The van der Waals surface area contributed by atoms with E-state index in [1.165, 1.54) is 11.8 Å². The third kappa shape index (κ3) is 5.13. The van der Waals surface area contributed by atoms with Crippen LogP contribution >= 0.6 is 27.7 Å². The van der Waals surface area contributed by atoms with Gasteiger partial charge in [-0.05, 0) is 60.7 Å². The maximum absolute atomic E-state index is 12.4. The van der Waals surface area contributed by atoms with Crippen molar-refractivity contribution in [1.82, 2.24) is 10.2 Å². The third-order valence-electron chi connectivity index (χ3n) is 3.98. The van der Waals surface area contributed by atoms with Crippen molar-refractivity contribution >= 4 is 33.5 Å². The summed E-state index contributed by atoms with van der Waals surface area (Å²) < 4.78 is 12.3.